The Bertz CT molecular complexity index is 817. The predicted octanol–water partition coefficient (Wildman–Crippen LogP) is 9.42. The molecule has 1 aromatic rings. The SMILES string of the molecule is CCCCCCCCCCCCCCCCC1(Cc2cc([N+](=O)[O-])cc([N+](=O)[O-])c2)C=CC=CC1. The summed E-state index contributed by atoms with van der Waals surface area (Å²) in [7, 11) is 0. The van der Waals surface area contributed by atoms with Crippen LogP contribution >= 0.6 is 0 Å². The minimum absolute atomic E-state index is 0.130. The molecule has 0 N–H and O–H groups in total. The highest BCUT2D eigenvalue weighted by atomic mass is 16.6. The summed E-state index contributed by atoms with van der Waals surface area (Å²) in [5.41, 5.74) is 0.109. The van der Waals surface area contributed by atoms with E-state index in [4.69, 9.17) is 0 Å². The Morgan fingerprint density at radius 2 is 1.20 bits per heavy atom. The Labute approximate surface area is 211 Å². The molecular weight excluding hydrogens is 440 g/mol. The number of non-ortho nitro benzene ring substituents is 2. The Morgan fingerprint density at radius 1 is 0.714 bits per heavy atom. The maximum absolute atomic E-state index is 11.3. The molecule has 0 aromatic heterocycles. The van der Waals surface area contributed by atoms with Crippen LogP contribution in [-0.4, -0.2) is 9.85 Å². The van der Waals surface area contributed by atoms with Gasteiger partial charge in [-0.3, -0.25) is 20.2 Å². The molecule has 1 atom stereocenters. The third-order valence-corrected chi connectivity index (χ3v) is 7.19. The van der Waals surface area contributed by atoms with Gasteiger partial charge in [-0.2, -0.15) is 0 Å². The van der Waals surface area contributed by atoms with Crippen LogP contribution in [0.4, 0.5) is 11.4 Å². The van der Waals surface area contributed by atoms with Crippen molar-refractivity contribution in [1.29, 1.82) is 0 Å². The van der Waals surface area contributed by atoms with Crippen LogP contribution in [0.3, 0.4) is 0 Å². The largest absolute Gasteiger partial charge is 0.276 e. The zero-order valence-electron chi connectivity index (χ0n) is 21.6. The minimum atomic E-state index is -0.548. The second-order valence-electron chi connectivity index (χ2n) is 10.2. The van der Waals surface area contributed by atoms with Crippen molar-refractivity contribution in [3.8, 4) is 0 Å². The quantitative estimate of drug-likeness (QED) is 0.111. The minimum Gasteiger partial charge on any atom is -0.258 e. The third kappa shape index (κ3) is 11.2. The molecule has 0 fully saturated rings. The van der Waals surface area contributed by atoms with Crippen LogP contribution in [0.25, 0.3) is 0 Å². The van der Waals surface area contributed by atoms with Gasteiger partial charge in [-0.05, 0) is 30.2 Å². The Balaban J connectivity index is 1.72. The first-order valence-corrected chi connectivity index (χ1v) is 13.7. The first-order valence-electron chi connectivity index (χ1n) is 13.7. The van der Waals surface area contributed by atoms with Gasteiger partial charge in [-0.1, -0.05) is 121 Å². The standard InChI is InChI=1S/C29H44N2O4/c1-2-3-4-5-6-7-8-9-10-11-12-13-14-16-19-29(20-17-15-18-21-29)25-26-22-27(30(32)33)24-28(23-26)31(34)35/h15,17-18,20,22-24H,2-14,16,19,21,25H2,1H3. The molecule has 1 aliphatic carbocycles. The van der Waals surface area contributed by atoms with Crippen molar-refractivity contribution >= 4 is 11.4 Å². The summed E-state index contributed by atoms with van der Waals surface area (Å²) in [6.45, 7) is 2.26. The molecule has 1 unspecified atom stereocenters. The highest BCUT2D eigenvalue weighted by molar-refractivity contribution is 5.47. The van der Waals surface area contributed by atoms with Crippen molar-refractivity contribution < 1.29 is 9.85 Å². The molecule has 6 nitrogen and oxygen atoms in total. The predicted molar refractivity (Wildman–Crippen MR) is 144 cm³/mol. The van der Waals surface area contributed by atoms with Crippen LogP contribution in [0.15, 0.2) is 42.5 Å². The van der Waals surface area contributed by atoms with Gasteiger partial charge < -0.3 is 0 Å². The van der Waals surface area contributed by atoms with Crippen LogP contribution in [-0.2, 0) is 6.42 Å². The van der Waals surface area contributed by atoms with Gasteiger partial charge in [0.05, 0.1) is 15.9 Å². The lowest BCUT2D eigenvalue weighted by Gasteiger charge is -2.31. The van der Waals surface area contributed by atoms with Crippen LogP contribution in [0, 0.1) is 25.6 Å². The van der Waals surface area contributed by atoms with Crippen molar-refractivity contribution in [2.75, 3.05) is 0 Å². The number of rotatable bonds is 19. The van der Waals surface area contributed by atoms with E-state index in [1.165, 1.54) is 95.6 Å². The van der Waals surface area contributed by atoms with E-state index in [0.29, 0.717) is 12.0 Å². The van der Waals surface area contributed by atoms with E-state index >= 15 is 0 Å². The topological polar surface area (TPSA) is 86.3 Å². The Hall–Kier alpha value is -2.50. The number of benzene rings is 1. The van der Waals surface area contributed by atoms with Crippen molar-refractivity contribution in [2.45, 2.75) is 116 Å². The third-order valence-electron chi connectivity index (χ3n) is 7.19. The molecule has 1 aromatic carbocycles. The van der Waals surface area contributed by atoms with Gasteiger partial charge in [0.25, 0.3) is 11.4 Å². The summed E-state index contributed by atoms with van der Waals surface area (Å²) >= 11 is 0. The van der Waals surface area contributed by atoms with E-state index in [-0.39, 0.29) is 16.8 Å². The number of hydrogen-bond acceptors (Lipinski definition) is 4. The maximum Gasteiger partial charge on any atom is 0.276 e. The molecule has 0 aliphatic heterocycles. The smallest absolute Gasteiger partial charge is 0.258 e. The van der Waals surface area contributed by atoms with Crippen LogP contribution in [0.2, 0.25) is 0 Å². The van der Waals surface area contributed by atoms with Crippen molar-refractivity contribution in [3.05, 3.63) is 68.3 Å². The average molecular weight is 485 g/mol. The molecule has 0 bridgehead atoms. The van der Waals surface area contributed by atoms with Crippen LogP contribution in [0.1, 0.15) is 115 Å². The second kappa shape index (κ2) is 16.2. The number of nitrogens with zero attached hydrogens (tertiary/aromatic N) is 2. The fourth-order valence-corrected chi connectivity index (χ4v) is 5.16. The first kappa shape index (κ1) is 28.7. The molecule has 0 spiro atoms. The molecule has 0 radical (unpaired) electrons. The average Bonchev–Trinajstić information content (AvgIpc) is 2.84. The number of hydrogen-bond donors (Lipinski definition) is 0. The van der Waals surface area contributed by atoms with E-state index in [0.717, 1.165) is 25.3 Å². The Kier molecular flexibility index (Phi) is 13.3. The molecule has 0 saturated heterocycles. The van der Waals surface area contributed by atoms with Gasteiger partial charge in [-0.15, -0.1) is 0 Å². The first-order chi connectivity index (χ1) is 17.0. The zero-order chi connectivity index (χ0) is 25.4. The second-order valence-corrected chi connectivity index (χ2v) is 10.2. The van der Waals surface area contributed by atoms with Gasteiger partial charge >= 0.3 is 0 Å². The highest BCUT2D eigenvalue weighted by Gasteiger charge is 2.29. The van der Waals surface area contributed by atoms with Crippen LogP contribution < -0.4 is 0 Å². The van der Waals surface area contributed by atoms with Crippen LogP contribution in [0.5, 0.6) is 0 Å². The fourth-order valence-electron chi connectivity index (χ4n) is 5.16. The Morgan fingerprint density at radius 3 is 1.63 bits per heavy atom. The van der Waals surface area contributed by atoms with E-state index < -0.39 is 9.85 Å². The van der Waals surface area contributed by atoms with Gasteiger partial charge in [0.15, 0.2) is 0 Å². The molecule has 0 saturated carbocycles. The molecule has 194 valence electrons. The number of unbranched alkanes of at least 4 members (excludes halogenated alkanes) is 13. The molecular formula is C29H44N2O4. The van der Waals surface area contributed by atoms with Gasteiger partial charge in [-0.25, -0.2) is 0 Å². The summed E-state index contributed by atoms with van der Waals surface area (Å²) in [5.74, 6) is 0. The molecule has 35 heavy (non-hydrogen) atoms. The fraction of sp³-hybridized carbons (Fsp3) is 0.655. The molecule has 2 rings (SSSR count). The molecule has 6 heteroatoms. The zero-order valence-corrected chi connectivity index (χ0v) is 21.6. The monoisotopic (exact) mass is 484 g/mol. The normalized spacial score (nSPS) is 17.1. The summed E-state index contributed by atoms with van der Waals surface area (Å²) in [4.78, 5) is 21.5. The lowest BCUT2D eigenvalue weighted by Crippen LogP contribution is -2.22. The summed E-state index contributed by atoms with van der Waals surface area (Å²) in [6.07, 6.45) is 29.3. The number of allylic oxidation sites excluding steroid dienone is 4. The van der Waals surface area contributed by atoms with Crippen molar-refractivity contribution in [2.24, 2.45) is 5.41 Å². The summed E-state index contributed by atoms with van der Waals surface area (Å²) in [5, 5.41) is 22.6. The van der Waals surface area contributed by atoms with E-state index in [9.17, 15) is 20.2 Å². The lowest BCUT2D eigenvalue weighted by molar-refractivity contribution is -0.394. The number of nitro benzene ring substituents is 2. The van der Waals surface area contributed by atoms with Crippen molar-refractivity contribution in [1.82, 2.24) is 0 Å². The number of nitro groups is 2. The van der Waals surface area contributed by atoms with E-state index in [1.807, 2.05) is 12.2 Å². The molecule has 1 aliphatic rings. The van der Waals surface area contributed by atoms with Gasteiger partial charge in [0.1, 0.15) is 0 Å². The van der Waals surface area contributed by atoms with Gasteiger partial charge in [0, 0.05) is 12.1 Å². The van der Waals surface area contributed by atoms with E-state index in [2.05, 4.69) is 19.1 Å². The van der Waals surface area contributed by atoms with Gasteiger partial charge in [0.2, 0.25) is 0 Å². The lowest BCUT2D eigenvalue weighted by atomic mass is 9.73. The van der Waals surface area contributed by atoms with Crippen molar-refractivity contribution in [3.63, 3.8) is 0 Å². The molecule has 0 amide bonds. The summed E-state index contributed by atoms with van der Waals surface area (Å²) in [6, 6.07) is 4.03. The summed E-state index contributed by atoms with van der Waals surface area (Å²) < 4.78 is 0. The highest BCUT2D eigenvalue weighted by Crippen LogP contribution is 2.39. The maximum atomic E-state index is 11.3. The molecule has 0 heterocycles. The van der Waals surface area contributed by atoms with E-state index in [1.54, 1.807) is 0 Å².